The van der Waals surface area contributed by atoms with E-state index in [1.165, 1.54) is 22.3 Å². The van der Waals surface area contributed by atoms with E-state index >= 15 is 0 Å². The third kappa shape index (κ3) is 4.03. The molecular formula is C19H28O2PS2Zr. The van der Waals surface area contributed by atoms with Gasteiger partial charge in [0.15, 0.2) is 0 Å². The molecular weight excluding hydrogens is 447 g/mol. The second-order valence-corrected chi connectivity index (χ2v) is 33.1. The first-order chi connectivity index (χ1) is 11.7. The van der Waals surface area contributed by atoms with Gasteiger partial charge >= 0.3 is 169 Å². The topological polar surface area (TPSA) is 18.5 Å². The maximum absolute atomic E-state index is 6.08. The monoisotopic (exact) mass is 473 g/mol. The molecule has 2 rings (SSSR count). The van der Waals surface area contributed by atoms with Gasteiger partial charge in [0, 0.05) is 0 Å². The molecule has 0 aliphatic heterocycles. The van der Waals surface area contributed by atoms with Crippen molar-refractivity contribution in [1.29, 1.82) is 0 Å². The van der Waals surface area contributed by atoms with Gasteiger partial charge in [0.05, 0.1) is 0 Å². The Morgan fingerprint density at radius 2 is 1.68 bits per heavy atom. The minimum absolute atomic E-state index is 0.451. The fourth-order valence-electron chi connectivity index (χ4n) is 3.41. The van der Waals surface area contributed by atoms with Gasteiger partial charge in [-0.3, -0.25) is 0 Å². The van der Waals surface area contributed by atoms with Crippen LogP contribution in [0.25, 0.3) is 0 Å². The van der Waals surface area contributed by atoms with E-state index < -0.39 is 23.1 Å². The molecule has 0 aromatic heterocycles. The van der Waals surface area contributed by atoms with E-state index in [9.17, 15) is 0 Å². The molecule has 2 nitrogen and oxygen atoms in total. The van der Waals surface area contributed by atoms with Crippen LogP contribution in [0, 0.1) is 12.3 Å². The molecule has 0 fully saturated rings. The molecule has 6 heteroatoms. The summed E-state index contributed by atoms with van der Waals surface area (Å²) in [5, 5.41) is 1.09. The van der Waals surface area contributed by atoms with E-state index in [-0.39, 0.29) is 0 Å². The zero-order chi connectivity index (χ0) is 18.8. The van der Waals surface area contributed by atoms with Crippen molar-refractivity contribution in [3.05, 3.63) is 59.0 Å². The summed E-state index contributed by atoms with van der Waals surface area (Å²) >= 11 is 7.45. The SMILES string of the molecule is C[O][Zr]([CH2][CH]C1=C(C)C(C)=C(C)C1C)([O]C)[P](=S)(S)c1ccccc1. The van der Waals surface area contributed by atoms with Crippen LogP contribution in [0.3, 0.4) is 0 Å². The molecule has 1 radical (unpaired) electrons. The van der Waals surface area contributed by atoms with E-state index in [0.717, 1.165) is 9.43 Å². The average molecular weight is 475 g/mol. The Morgan fingerprint density at radius 3 is 2.12 bits per heavy atom. The fraction of sp³-hybridized carbons (Fsp3) is 0.421. The van der Waals surface area contributed by atoms with Crippen LogP contribution < -0.4 is 5.30 Å². The molecule has 0 amide bonds. The molecule has 2 atom stereocenters. The molecule has 1 aliphatic carbocycles. The molecule has 0 bridgehead atoms. The minimum atomic E-state index is -3.61. The van der Waals surface area contributed by atoms with Crippen molar-refractivity contribution in [1.82, 2.24) is 0 Å². The zero-order valence-corrected chi connectivity index (χ0v) is 20.9. The number of benzene rings is 1. The van der Waals surface area contributed by atoms with Gasteiger partial charge in [-0.15, -0.1) is 0 Å². The second-order valence-electron chi connectivity index (χ2n) is 6.55. The predicted octanol–water partition coefficient (Wildman–Crippen LogP) is 5.75. The third-order valence-electron chi connectivity index (χ3n) is 5.49. The quantitative estimate of drug-likeness (QED) is 0.401. The van der Waals surface area contributed by atoms with E-state index in [2.05, 4.69) is 46.2 Å². The van der Waals surface area contributed by atoms with Crippen LogP contribution in [0.15, 0.2) is 52.6 Å². The maximum atomic E-state index is 6.08. The van der Waals surface area contributed by atoms with Gasteiger partial charge in [0.2, 0.25) is 0 Å². The molecule has 1 aromatic carbocycles. The molecule has 2 unspecified atom stereocenters. The van der Waals surface area contributed by atoms with E-state index in [0.29, 0.717) is 5.92 Å². The summed E-state index contributed by atoms with van der Waals surface area (Å²) in [7, 11) is 3.50. The van der Waals surface area contributed by atoms with Crippen molar-refractivity contribution >= 4 is 31.9 Å². The predicted molar refractivity (Wildman–Crippen MR) is 113 cm³/mol. The first kappa shape index (κ1) is 21.8. The van der Waals surface area contributed by atoms with Gasteiger partial charge in [0.25, 0.3) is 0 Å². The van der Waals surface area contributed by atoms with Crippen molar-refractivity contribution in [2.45, 2.75) is 31.8 Å². The zero-order valence-electron chi connectivity index (χ0n) is 15.9. The molecule has 0 N–H and O–H groups in total. The second kappa shape index (κ2) is 8.67. The standard InChI is InChI=1S/C11H16.C6H5PS2.2CH3O.Zr/c1-6-11-9(4)7(2)8(3)10(11)5;8-7(9)6-4-2-1-3-5-6;2*1-2;/h6,9H,1H2,2-5H3;1-5H;2*1H3;/q;;2*-1;+1/p+1. The Balaban J connectivity index is 2.32. The molecule has 1 aliphatic rings. The van der Waals surface area contributed by atoms with Crippen LogP contribution in [0.5, 0.6) is 0 Å². The Hall–Kier alpha value is 0.503. The van der Waals surface area contributed by atoms with Crippen molar-refractivity contribution in [2.75, 3.05) is 14.2 Å². The number of hydrogen-bond donors (Lipinski definition) is 1. The molecule has 0 saturated carbocycles. The number of hydrogen-bond acceptors (Lipinski definition) is 3. The number of thiol groups is 1. The van der Waals surface area contributed by atoms with Gasteiger partial charge in [-0.2, -0.15) is 0 Å². The van der Waals surface area contributed by atoms with Gasteiger partial charge < -0.3 is 0 Å². The number of rotatable bonds is 7. The summed E-state index contributed by atoms with van der Waals surface area (Å²) in [5.41, 5.74) is 5.63. The average Bonchev–Trinajstić information content (AvgIpc) is 2.80. The van der Waals surface area contributed by atoms with Gasteiger partial charge in [-0.1, -0.05) is 0 Å². The summed E-state index contributed by atoms with van der Waals surface area (Å²) in [4.78, 5) is 0. The van der Waals surface area contributed by atoms with Crippen LogP contribution in [0.1, 0.15) is 27.7 Å². The van der Waals surface area contributed by atoms with E-state index in [4.69, 9.17) is 29.7 Å². The van der Waals surface area contributed by atoms with Crippen LogP contribution in [-0.2, 0) is 38.0 Å². The van der Waals surface area contributed by atoms with Gasteiger partial charge in [0.1, 0.15) is 0 Å². The van der Waals surface area contributed by atoms with E-state index in [1.54, 1.807) is 14.2 Å². The molecule has 0 spiro atoms. The van der Waals surface area contributed by atoms with Crippen LogP contribution >= 0.6 is 14.8 Å². The summed E-state index contributed by atoms with van der Waals surface area (Å²) < 4.78 is 10.8. The Morgan fingerprint density at radius 1 is 1.12 bits per heavy atom. The summed E-state index contributed by atoms with van der Waals surface area (Å²) in [5.74, 6) is 0.451. The summed E-state index contributed by atoms with van der Waals surface area (Å²) in [6, 6.07) is 10.2. The normalized spacial score (nSPS) is 21.0. The van der Waals surface area contributed by atoms with Crippen molar-refractivity contribution in [3.63, 3.8) is 0 Å². The van der Waals surface area contributed by atoms with Crippen LogP contribution in [0.4, 0.5) is 0 Å². The molecule has 25 heavy (non-hydrogen) atoms. The van der Waals surface area contributed by atoms with Crippen molar-refractivity contribution in [3.8, 4) is 0 Å². The van der Waals surface area contributed by atoms with Gasteiger partial charge in [-0.05, 0) is 0 Å². The first-order valence-corrected chi connectivity index (χ1v) is 19.4. The summed E-state index contributed by atoms with van der Waals surface area (Å²) in [6.07, 6.45) is 2.32. The molecule has 1 aromatic rings. The van der Waals surface area contributed by atoms with Crippen LogP contribution in [0.2, 0.25) is 4.13 Å². The molecule has 0 heterocycles. The Kier molecular flexibility index (Phi) is 7.56. The molecule has 0 saturated heterocycles. The van der Waals surface area contributed by atoms with Gasteiger partial charge in [-0.25, -0.2) is 0 Å². The van der Waals surface area contributed by atoms with Crippen molar-refractivity contribution < 1.29 is 26.2 Å². The fourth-order valence-corrected chi connectivity index (χ4v) is 26.6. The first-order valence-electron chi connectivity index (χ1n) is 8.42. The third-order valence-corrected chi connectivity index (χ3v) is 35.9. The number of allylic oxidation sites excluding steroid dienone is 4. The molecule has 137 valence electrons. The Labute approximate surface area is 168 Å². The van der Waals surface area contributed by atoms with Crippen molar-refractivity contribution in [2.24, 2.45) is 5.92 Å². The van der Waals surface area contributed by atoms with E-state index in [1.807, 2.05) is 18.2 Å². The Bertz CT molecular complexity index is 739. The van der Waals surface area contributed by atoms with Crippen LogP contribution in [-0.4, -0.2) is 14.2 Å². The summed E-state index contributed by atoms with van der Waals surface area (Å²) in [6.45, 7) is 8.91.